The number of nitrogens with zero attached hydrogens (tertiary/aromatic N) is 4. The Kier molecular flexibility index (Phi) is 4.21. The molecule has 25 heavy (non-hydrogen) atoms. The number of rotatable bonds is 3. The summed E-state index contributed by atoms with van der Waals surface area (Å²) in [6.45, 7) is 6.61. The van der Waals surface area contributed by atoms with E-state index in [2.05, 4.69) is 41.1 Å². The van der Waals surface area contributed by atoms with Gasteiger partial charge >= 0.3 is 0 Å². The van der Waals surface area contributed by atoms with Crippen molar-refractivity contribution in [1.29, 1.82) is 0 Å². The Balaban J connectivity index is 1.59. The van der Waals surface area contributed by atoms with Gasteiger partial charge in [-0.15, -0.1) is 0 Å². The van der Waals surface area contributed by atoms with Crippen LogP contribution in [0.2, 0.25) is 0 Å². The predicted molar refractivity (Wildman–Crippen MR) is 98.8 cm³/mol. The van der Waals surface area contributed by atoms with Crippen LogP contribution >= 0.6 is 0 Å². The zero-order chi connectivity index (χ0) is 17.4. The molecule has 0 amide bonds. The van der Waals surface area contributed by atoms with Crippen molar-refractivity contribution in [2.24, 2.45) is 0 Å². The van der Waals surface area contributed by atoms with Crippen LogP contribution in [0, 0.1) is 6.92 Å². The minimum absolute atomic E-state index is 0.00507. The normalized spacial score (nSPS) is 23.0. The SMILES string of the molecule is Cc1cccc(CN2CCC3(COCc4cnc(N(C)C)nc43)C2)c1. The van der Waals surface area contributed by atoms with E-state index < -0.39 is 0 Å². The molecule has 0 bridgehead atoms. The van der Waals surface area contributed by atoms with Crippen LogP contribution in [0.5, 0.6) is 0 Å². The molecule has 0 N–H and O–H groups in total. The molecular formula is C20H26N4O. The molecule has 1 fully saturated rings. The van der Waals surface area contributed by atoms with Gasteiger partial charge in [0.2, 0.25) is 5.95 Å². The maximum absolute atomic E-state index is 5.93. The van der Waals surface area contributed by atoms with Crippen molar-refractivity contribution in [3.05, 3.63) is 52.8 Å². The molecule has 5 nitrogen and oxygen atoms in total. The van der Waals surface area contributed by atoms with Crippen LogP contribution in [0.25, 0.3) is 0 Å². The number of anilines is 1. The molecule has 0 aliphatic carbocycles. The van der Waals surface area contributed by atoms with Gasteiger partial charge in [0.25, 0.3) is 0 Å². The topological polar surface area (TPSA) is 41.5 Å². The largest absolute Gasteiger partial charge is 0.376 e. The van der Waals surface area contributed by atoms with Crippen LogP contribution in [0.4, 0.5) is 5.95 Å². The molecule has 132 valence electrons. The van der Waals surface area contributed by atoms with E-state index in [0.717, 1.165) is 44.2 Å². The molecule has 3 heterocycles. The standard InChI is InChI=1S/C20H26N4O/c1-15-5-4-6-16(9-15)11-24-8-7-20(13-24)14-25-12-17-10-21-19(23(2)3)22-18(17)20/h4-6,9-10H,7-8,11-14H2,1-3H3. The molecular weight excluding hydrogens is 312 g/mol. The Morgan fingerprint density at radius 2 is 2.20 bits per heavy atom. The van der Waals surface area contributed by atoms with Gasteiger partial charge in [0.1, 0.15) is 0 Å². The first-order valence-electron chi connectivity index (χ1n) is 8.95. The second kappa shape index (κ2) is 6.39. The van der Waals surface area contributed by atoms with Crippen molar-refractivity contribution in [1.82, 2.24) is 14.9 Å². The molecule has 1 aromatic carbocycles. The fraction of sp³-hybridized carbons (Fsp3) is 0.500. The van der Waals surface area contributed by atoms with E-state index in [1.807, 2.05) is 25.2 Å². The van der Waals surface area contributed by atoms with Crippen LogP contribution in [-0.4, -0.2) is 48.7 Å². The molecule has 1 aromatic heterocycles. The Morgan fingerprint density at radius 1 is 1.32 bits per heavy atom. The Morgan fingerprint density at radius 3 is 3.00 bits per heavy atom. The number of aromatic nitrogens is 2. The molecule has 0 saturated carbocycles. The molecule has 1 spiro atoms. The Labute approximate surface area is 149 Å². The van der Waals surface area contributed by atoms with Crippen LogP contribution in [0.1, 0.15) is 28.8 Å². The third kappa shape index (κ3) is 3.14. The first-order chi connectivity index (χ1) is 12.1. The van der Waals surface area contributed by atoms with Crippen molar-refractivity contribution < 1.29 is 4.74 Å². The predicted octanol–water partition coefficient (Wildman–Crippen LogP) is 2.52. The highest BCUT2D eigenvalue weighted by Crippen LogP contribution is 2.39. The fourth-order valence-electron chi connectivity index (χ4n) is 4.08. The van der Waals surface area contributed by atoms with Crippen LogP contribution in [-0.2, 0) is 23.3 Å². The van der Waals surface area contributed by atoms with Gasteiger partial charge in [0.15, 0.2) is 0 Å². The minimum atomic E-state index is 0.00507. The number of likely N-dealkylation sites (tertiary alicyclic amines) is 1. The van der Waals surface area contributed by atoms with E-state index in [4.69, 9.17) is 9.72 Å². The smallest absolute Gasteiger partial charge is 0.225 e. The molecule has 5 heteroatoms. The molecule has 4 rings (SSSR count). The first-order valence-corrected chi connectivity index (χ1v) is 8.95. The van der Waals surface area contributed by atoms with Crippen molar-refractivity contribution in [3.8, 4) is 0 Å². The van der Waals surface area contributed by atoms with Gasteiger partial charge in [0.05, 0.1) is 24.3 Å². The number of fused-ring (bicyclic) bond motifs is 2. The summed E-state index contributed by atoms with van der Waals surface area (Å²) < 4.78 is 5.93. The lowest BCUT2D eigenvalue weighted by Gasteiger charge is -2.34. The summed E-state index contributed by atoms with van der Waals surface area (Å²) in [4.78, 5) is 13.9. The van der Waals surface area contributed by atoms with Crippen molar-refractivity contribution >= 4 is 5.95 Å². The van der Waals surface area contributed by atoms with Gasteiger partial charge in [0, 0.05) is 38.9 Å². The summed E-state index contributed by atoms with van der Waals surface area (Å²) in [5.41, 5.74) is 5.05. The lowest BCUT2D eigenvalue weighted by atomic mass is 9.80. The van der Waals surface area contributed by atoms with E-state index in [1.54, 1.807) is 0 Å². The maximum Gasteiger partial charge on any atom is 0.225 e. The summed E-state index contributed by atoms with van der Waals surface area (Å²) in [5, 5.41) is 0. The highest BCUT2D eigenvalue weighted by molar-refractivity contribution is 5.37. The van der Waals surface area contributed by atoms with Gasteiger partial charge in [-0.2, -0.15) is 0 Å². The van der Waals surface area contributed by atoms with E-state index in [-0.39, 0.29) is 5.41 Å². The molecule has 1 unspecified atom stereocenters. The summed E-state index contributed by atoms with van der Waals surface area (Å²) in [7, 11) is 3.98. The summed E-state index contributed by atoms with van der Waals surface area (Å²) >= 11 is 0. The lowest BCUT2D eigenvalue weighted by Crippen LogP contribution is -2.40. The number of hydrogen-bond acceptors (Lipinski definition) is 5. The lowest BCUT2D eigenvalue weighted by molar-refractivity contribution is 0.0503. The molecule has 1 saturated heterocycles. The number of aryl methyl sites for hydroxylation is 1. The van der Waals surface area contributed by atoms with Crippen LogP contribution in [0.3, 0.4) is 0 Å². The molecule has 2 aliphatic rings. The van der Waals surface area contributed by atoms with Crippen molar-refractivity contribution in [2.75, 3.05) is 38.7 Å². The Bertz CT molecular complexity index is 776. The van der Waals surface area contributed by atoms with Gasteiger partial charge in [-0.05, 0) is 25.5 Å². The first kappa shape index (κ1) is 16.5. The quantitative estimate of drug-likeness (QED) is 0.860. The molecule has 2 aliphatic heterocycles. The molecule has 2 aromatic rings. The monoisotopic (exact) mass is 338 g/mol. The third-order valence-corrected chi connectivity index (χ3v) is 5.31. The van der Waals surface area contributed by atoms with Gasteiger partial charge in [-0.1, -0.05) is 29.8 Å². The summed E-state index contributed by atoms with van der Waals surface area (Å²) in [6.07, 6.45) is 3.04. The van der Waals surface area contributed by atoms with Gasteiger partial charge in [-0.3, -0.25) is 4.90 Å². The molecule has 0 radical (unpaired) electrons. The van der Waals surface area contributed by atoms with E-state index in [1.165, 1.54) is 16.8 Å². The average Bonchev–Trinajstić information content (AvgIpc) is 2.98. The van der Waals surface area contributed by atoms with E-state index in [0.29, 0.717) is 6.61 Å². The maximum atomic E-state index is 5.93. The second-order valence-electron chi connectivity index (χ2n) is 7.66. The highest BCUT2D eigenvalue weighted by atomic mass is 16.5. The molecule has 1 atom stereocenters. The fourth-order valence-corrected chi connectivity index (χ4v) is 4.08. The zero-order valence-electron chi connectivity index (χ0n) is 15.3. The second-order valence-corrected chi connectivity index (χ2v) is 7.66. The van der Waals surface area contributed by atoms with Crippen molar-refractivity contribution in [3.63, 3.8) is 0 Å². The van der Waals surface area contributed by atoms with Crippen molar-refractivity contribution in [2.45, 2.75) is 31.9 Å². The van der Waals surface area contributed by atoms with E-state index in [9.17, 15) is 0 Å². The number of ether oxygens (including phenoxy) is 1. The average molecular weight is 338 g/mol. The summed E-state index contributed by atoms with van der Waals surface area (Å²) in [5.74, 6) is 0.789. The van der Waals surface area contributed by atoms with Gasteiger partial charge < -0.3 is 9.64 Å². The number of hydrogen-bond donors (Lipinski definition) is 0. The minimum Gasteiger partial charge on any atom is -0.376 e. The highest BCUT2D eigenvalue weighted by Gasteiger charge is 2.44. The number of benzene rings is 1. The van der Waals surface area contributed by atoms with Gasteiger partial charge in [-0.25, -0.2) is 9.97 Å². The van der Waals surface area contributed by atoms with Crippen LogP contribution < -0.4 is 4.90 Å². The third-order valence-electron chi connectivity index (χ3n) is 5.31. The zero-order valence-corrected chi connectivity index (χ0v) is 15.3. The summed E-state index contributed by atoms with van der Waals surface area (Å²) in [6, 6.07) is 8.80. The Hall–Kier alpha value is -1.98. The van der Waals surface area contributed by atoms with E-state index >= 15 is 0 Å². The van der Waals surface area contributed by atoms with Crippen LogP contribution in [0.15, 0.2) is 30.5 Å².